The third kappa shape index (κ3) is 3.44. The Bertz CT molecular complexity index is 528. The van der Waals surface area contributed by atoms with Gasteiger partial charge in [-0.1, -0.05) is 11.6 Å². The lowest BCUT2D eigenvalue weighted by molar-refractivity contribution is 0.230. The normalized spacial score (nSPS) is 9.00. The molecule has 0 fully saturated rings. The van der Waals surface area contributed by atoms with E-state index >= 15 is 0 Å². The lowest BCUT2D eigenvalue weighted by atomic mass is 10.2. The molecule has 1 aromatic rings. The Morgan fingerprint density at radius 3 is 2.53 bits per heavy atom. The van der Waals surface area contributed by atoms with Gasteiger partial charge in [0.05, 0.1) is 5.02 Å². The van der Waals surface area contributed by atoms with Crippen molar-refractivity contribution in [3.05, 3.63) is 46.2 Å². The summed E-state index contributed by atoms with van der Waals surface area (Å²) in [5.74, 6) is -1.49. The molecule has 0 spiro atoms. The van der Waals surface area contributed by atoms with Gasteiger partial charge < -0.3 is 4.74 Å². The second-order valence-electron chi connectivity index (χ2n) is 2.92. The summed E-state index contributed by atoms with van der Waals surface area (Å²) in [5.41, 5.74) is -0.321. The van der Waals surface area contributed by atoms with Crippen molar-refractivity contribution in [1.29, 1.82) is 10.5 Å². The molecule has 17 heavy (non-hydrogen) atoms. The lowest BCUT2D eigenvalue weighted by Crippen LogP contribution is -1.94. The monoisotopic (exact) mass is 254 g/mol. The molecule has 0 atom stereocenters. The number of nitrogens with zero attached hydrogens (tertiary/aromatic N) is 2. The molecule has 0 aliphatic carbocycles. The van der Waals surface area contributed by atoms with E-state index in [1.165, 1.54) is 0 Å². The van der Waals surface area contributed by atoms with Crippen molar-refractivity contribution in [3.8, 4) is 12.1 Å². The first-order valence-corrected chi connectivity index (χ1v) is 4.71. The fourth-order valence-corrected chi connectivity index (χ4v) is 1.12. The van der Waals surface area contributed by atoms with Gasteiger partial charge in [0.25, 0.3) is 0 Å². The Kier molecular flexibility index (Phi) is 4.45. The van der Waals surface area contributed by atoms with Crippen LogP contribution in [0.25, 0.3) is 0 Å². The predicted octanol–water partition coefficient (Wildman–Crippen LogP) is 3.07. The average molecular weight is 255 g/mol. The smallest absolute Gasteiger partial charge is 0.164 e. The minimum Gasteiger partial charge on any atom is -0.494 e. The van der Waals surface area contributed by atoms with Gasteiger partial charge >= 0.3 is 0 Å². The van der Waals surface area contributed by atoms with Gasteiger partial charge in [0, 0.05) is 5.56 Å². The second kappa shape index (κ2) is 5.83. The molecule has 1 aromatic carbocycles. The molecule has 0 N–H and O–H groups in total. The van der Waals surface area contributed by atoms with Crippen LogP contribution in [0.2, 0.25) is 5.02 Å². The molecule has 0 saturated carbocycles. The summed E-state index contributed by atoms with van der Waals surface area (Å²) in [6, 6.07) is 4.84. The van der Waals surface area contributed by atoms with Gasteiger partial charge in [-0.05, 0) is 12.1 Å². The number of halogens is 3. The highest BCUT2D eigenvalue weighted by Crippen LogP contribution is 2.19. The summed E-state index contributed by atoms with van der Waals surface area (Å²) in [7, 11) is 0. The Labute approximate surface area is 101 Å². The van der Waals surface area contributed by atoms with Crippen LogP contribution in [0.5, 0.6) is 0 Å². The van der Waals surface area contributed by atoms with Crippen LogP contribution in [0.4, 0.5) is 8.78 Å². The van der Waals surface area contributed by atoms with Gasteiger partial charge in [0.15, 0.2) is 5.57 Å². The van der Waals surface area contributed by atoms with Gasteiger partial charge in [0.2, 0.25) is 0 Å². The van der Waals surface area contributed by atoms with Crippen molar-refractivity contribution < 1.29 is 13.5 Å². The van der Waals surface area contributed by atoms with Crippen LogP contribution in [-0.2, 0) is 11.3 Å². The number of hydrogen-bond acceptors (Lipinski definition) is 3. The maximum Gasteiger partial charge on any atom is 0.164 e. The van der Waals surface area contributed by atoms with Crippen molar-refractivity contribution in [2.75, 3.05) is 0 Å². The average Bonchev–Trinajstić information content (AvgIpc) is 2.31. The van der Waals surface area contributed by atoms with E-state index in [0.717, 1.165) is 18.4 Å². The number of hydrogen-bond donors (Lipinski definition) is 0. The van der Waals surface area contributed by atoms with Crippen LogP contribution in [0.15, 0.2) is 24.0 Å². The maximum absolute atomic E-state index is 13.2. The van der Waals surface area contributed by atoms with E-state index in [2.05, 4.69) is 0 Å². The molecule has 0 heterocycles. The minimum atomic E-state index is -0.767. The lowest BCUT2D eigenvalue weighted by Gasteiger charge is -2.04. The molecule has 6 heteroatoms. The number of allylic oxidation sites excluding steroid dienone is 1. The highest BCUT2D eigenvalue weighted by molar-refractivity contribution is 6.30. The van der Waals surface area contributed by atoms with Gasteiger partial charge in [0.1, 0.15) is 36.6 Å². The van der Waals surface area contributed by atoms with Crippen LogP contribution >= 0.6 is 11.6 Å². The summed E-state index contributed by atoms with van der Waals surface area (Å²) < 4.78 is 31.0. The molecule has 0 unspecified atom stereocenters. The number of rotatable bonds is 3. The number of ether oxygens (including phenoxy) is 1. The summed E-state index contributed by atoms with van der Waals surface area (Å²) in [4.78, 5) is 0. The van der Waals surface area contributed by atoms with E-state index < -0.39 is 11.6 Å². The highest BCUT2D eigenvalue weighted by Gasteiger charge is 2.08. The zero-order valence-electron chi connectivity index (χ0n) is 8.38. The van der Waals surface area contributed by atoms with E-state index in [1.807, 2.05) is 0 Å². The summed E-state index contributed by atoms with van der Waals surface area (Å²) in [6.45, 7) is -0.299. The zero-order chi connectivity index (χ0) is 12.8. The molecule has 3 nitrogen and oxygen atoms in total. The number of nitriles is 2. The third-order valence-corrected chi connectivity index (χ3v) is 2.06. The molecule has 1 rings (SSSR count). The van der Waals surface area contributed by atoms with Gasteiger partial charge in [-0.25, -0.2) is 8.78 Å². The standard InChI is InChI=1S/C11H5ClF2N2O/c12-9-2-10(13)8(1-11(9)14)6-17-5-7(3-15)4-16/h1-2,5H,6H2. The maximum atomic E-state index is 13.2. The predicted molar refractivity (Wildman–Crippen MR) is 55.5 cm³/mol. The molecule has 0 aliphatic rings. The molecular formula is C11H5ClF2N2O. The Morgan fingerprint density at radius 2 is 1.94 bits per heavy atom. The van der Waals surface area contributed by atoms with Crippen LogP contribution in [-0.4, -0.2) is 0 Å². The van der Waals surface area contributed by atoms with Crippen LogP contribution in [0, 0.1) is 34.3 Å². The Hall–Kier alpha value is -2.11. The quantitative estimate of drug-likeness (QED) is 0.473. The van der Waals surface area contributed by atoms with Gasteiger partial charge in [-0.2, -0.15) is 10.5 Å². The Balaban J connectivity index is 2.78. The zero-order valence-corrected chi connectivity index (χ0v) is 9.13. The van der Waals surface area contributed by atoms with Crippen molar-refractivity contribution >= 4 is 11.6 Å². The molecule has 86 valence electrons. The van der Waals surface area contributed by atoms with E-state index in [1.54, 1.807) is 12.1 Å². The molecule has 0 amide bonds. The summed E-state index contributed by atoms with van der Waals surface area (Å²) in [6.07, 6.45) is 0.881. The summed E-state index contributed by atoms with van der Waals surface area (Å²) >= 11 is 5.36. The molecule has 0 bridgehead atoms. The summed E-state index contributed by atoms with van der Waals surface area (Å²) in [5, 5.41) is 16.4. The van der Waals surface area contributed by atoms with E-state index in [0.29, 0.717) is 0 Å². The van der Waals surface area contributed by atoms with Crippen molar-refractivity contribution in [3.63, 3.8) is 0 Å². The highest BCUT2D eigenvalue weighted by atomic mass is 35.5. The molecule has 0 radical (unpaired) electrons. The third-order valence-electron chi connectivity index (χ3n) is 1.77. The van der Waals surface area contributed by atoms with Gasteiger partial charge in [-0.15, -0.1) is 0 Å². The topological polar surface area (TPSA) is 56.8 Å². The number of benzene rings is 1. The first-order chi connectivity index (χ1) is 8.08. The van der Waals surface area contributed by atoms with Crippen LogP contribution in [0.1, 0.15) is 5.56 Å². The molecule has 0 aromatic heterocycles. The van der Waals surface area contributed by atoms with E-state index in [9.17, 15) is 8.78 Å². The fraction of sp³-hybridized carbons (Fsp3) is 0.0909. The van der Waals surface area contributed by atoms with E-state index in [4.69, 9.17) is 26.9 Å². The molecule has 0 aliphatic heterocycles. The molecule has 0 saturated heterocycles. The minimum absolute atomic E-state index is 0.0571. The van der Waals surface area contributed by atoms with Crippen molar-refractivity contribution in [2.45, 2.75) is 6.61 Å². The SMILES string of the molecule is N#CC(C#N)=COCc1cc(F)c(Cl)cc1F. The second-order valence-corrected chi connectivity index (χ2v) is 3.33. The largest absolute Gasteiger partial charge is 0.494 e. The van der Waals surface area contributed by atoms with Crippen LogP contribution < -0.4 is 0 Å². The molecular weight excluding hydrogens is 250 g/mol. The Morgan fingerprint density at radius 1 is 1.29 bits per heavy atom. The van der Waals surface area contributed by atoms with Crippen molar-refractivity contribution in [1.82, 2.24) is 0 Å². The van der Waals surface area contributed by atoms with Crippen molar-refractivity contribution in [2.24, 2.45) is 0 Å². The fourth-order valence-electron chi connectivity index (χ4n) is 0.967. The van der Waals surface area contributed by atoms with Crippen LogP contribution in [0.3, 0.4) is 0 Å². The first-order valence-electron chi connectivity index (χ1n) is 4.34. The first kappa shape index (κ1) is 13.0. The van der Waals surface area contributed by atoms with Gasteiger partial charge in [-0.3, -0.25) is 0 Å². The van der Waals surface area contributed by atoms with E-state index in [-0.39, 0.29) is 22.8 Å².